The number of pyridine rings is 1. The molecule has 0 aliphatic heterocycles. The van der Waals surface area contributed by atoms with E-state index in [1.165, 1.54) is 0 Å². The average molecular weight is 497 g/mol. The maximum Gasteiger partial charge on any atom is 0.307 e. The number of nitrogens with zero attached hydrogens (tertiary/aromatic N) is 3. The van der Waals surface area contributed by atoms with Crippen LogP contribution in [0, 0.1) is 0 Å². The number of benzene rings is 3. The van der Waals surface area contributed by atoms with E-state index < -0.39 is 5.97 Å². The number of nitrogen functional groups attached to an aromatic ring is 1. The minimum atomic E-state index is -0.904. The standard InChI is InChI=1S/C29H28N4O4/c1-17(2)33-25-11-9-19(18-8-10-21-22(12-18)29(30)31-15-27(21)36-3)13-23(25)24(32-33)16-37-26-7-5-4-6-20(26)14-28(34)35/h4-13,15,17H,14,16H2,1-3H3,(H2,30,31)(H,34,35). The Morgan fingerprint density at radius 3 is 2.46 bits per heavy atom. The van der Waals surface area contributed by atoms with Crippen molar-refractivity contribution in [3.8, 4) is 22.6 Å². The molecule has 2 aromatic heterocycles. The molecule has 37 heavy (non-hydrogen) atoms. The van der Waals surface area contributed by atoms with Gasteiger partial charge in [-0.05, 0) is 55.3 Å². The first-order valence-electron chi connectivity index (χ1n) is 12.0. The molecule has 8 nitrogen and oxygen atoms in total. The van der Waals surface area contributed by atoms with Crippen LogP contribution in [0.15, 0.2) is 66.9 Å². The van der Waals surface area contributed by atoms with Crippen molar-refractivity contribution >= 4 is 33.5 Å². The van der Waals surface area contributed by atoms with Gasteiger partial charge in [-0.25, -0.2) is 4.98 Å². The van der Waals surface area contributed by atoms with Crippen LogP contribution in [-0.2, 0) is 17.8 Å². The number of aliphatic carboxylic acids is 1. The molecule has 0 bridgehead atoms. The zero-order valence-corrected chi connectivity index (χ0v) is 20.9. The first-order chi connectivity index (χ1) is 17.9. The fourth-order valence-electron chi connectivity index (χ4n) is 4.56. The van der Waals surface area contributed by atoms with Crippen LogP contribution in [0.3, 0.4) is 0 Å². The molecule has 0 spiro atoms. The number of ether oxygens (including phenoxy) is 2. The van der Waals surface area contributed by atoms with E-state index in [9.17, 15) is 9.90 Å². The van der Waals surface area contributed by atoms with Gasteiger partial charge in [-0.15, -0.1) is 0 Å². The number of carboxylic acid groups (broad SMARTS) is 1. The predicted octanol–water partition coefficient (Wildman–Crippen LogP) is 5.63. The minimum Gasteiger partial charge on any atom is -0.494 e. The number of carbonyl (C=O) groups is 1. The molecule has 5 rings (SSSR count). The largest absolute Gasteiger partial charge is 0.494 e. The Bertz CT molecular complexity index is 1620. The topological polar surface area (TPSA) is 112 Å². The molecule has 2 heterocycles. The highest BCUT2D eigenvalue weighted by Gasteiger charge is 2.16. The van der Waals surface area contributed by atoms with Gasteiger partial charge in [-0.1, -0.05) is 30.3 Å². The Kier molecular flexibility index (Phi) is 6.40. The van der Waals surface area contributed by atoms with Crippen LogP contribution < -0.4 is 15.2 Å². The van der Waals surface area contributed by atoms with Gasteiger partial charge in [0.15, 0.2) is 0 Å². The van der Waals surface area contributed by atoms with Gasteiger partial charge in [0, 0.05) is 27.8 Å². The van der Waals surface area contributed by atoms with Gasteiger partial charge in [-0.3, -0.25) is 9.48 Å². The summed E-state index contributed by atoms with van der Waals surface area (Å²) in [5, 5.41) is 16.8. The van der Waals surface area contributed by atoms with Crippen molar-refractivity contribution in [1.29, 1.82) is 0 Å². The first kappa shape index (κ1) is 24.1. The molecule has 0 aliphatic carbocycles. The molecule has 188 valence electrons. The molecule has 0 radical (unpaired) electrons. The monoisotopic (exact) mass is 496 g/mol. The number of rotatable bonds is 8. The summed E-state index contributed by atoms with van der Waals surface area (Å²) in [6.45, 7) is 4.38. The third-order valence-corrected chi connectivity index (χ3v) is 6.39. The minimum absolute atomic E-state index is 0.105. The lowest BCUT2D eigenvalue weighted by Crippen LogP contribution is -2.06. The zero-order valence-electron chi connectivity index (χ0n) is 20.9. The Hall–Kier alpha value is -4.59. The highest BCUT2D eigenvalue weighted by atomic mass is 16.5. The molecule has 3 N–H and O–H groups in total. The summed E-state index contributed by atoms with van der Waals surface area (Å²) in [6, 6.07) is 19.6. The molecule has 0 saturated carbocycles. The lowest BCUT2D eigenvalue weighted by Gasteiger charge is -2.10. The molecular weight excluding hydrogens is 468 g/mol. The summed E-state index contributed by atoms with van der Waals surface area (Å²) in [6.07, 6.45) is 1.52. The van der Waals surface area contributed by atoms with Gasteiger partial charge >= 0.3 is 5.97 Å². The van der Waals surface area contributed by atoms with E-state index in [1.807, 2.05) is 35.0 Å². The maximum absolute atomic E-state index is 11.3. The number of anilines is 1. The van der Waals surface area contributed by atoms with Crippen molar-refractivity contribution in [3.63, 3.8) is 0 Å². The van der Waals surface area contributed by atoms with Gasteiger partial charge in [-0.2, -0.15) is 5.10 Å². The first-order valence-corrected chi connectivity index (χ1v) is 12.0. The number of hydrogen-bond acceptors (Lipinski definition) is 6. The molecule has 0 unspecified atom stereocenters. The predicted molar refractivity (Wildman–Crippen MR) is 144 cm³/mol. The molecular formula is C29H28N4O4. The summed E-state index contributed by atoms with van der Waals surface area (Å²) in [7, 11) is 1.62. The van der Waals surface area contributed by atoms with Crippen molar-refractivity contribution in [2.24, 2.45) is 0 Å². The third kappa shape index (κ3) is 4.65. The second kappa shape index (κ2) is 9.81. The quantitative estimate of drug-likeness (QED) is 0.286. The maximum atomic E-state index is 11.3. The Morgan fingerprint density at radius 2 is 1.73 bits per heavy atom. The van der Waals surface area contributed by atoms with Crippen molar-refractivity contribution < 1.29 is 19.4 Å². The van der Waals surface area contributed by atoms with Crippen LogP contribution in [0.2, 0.25) is 0 Å². The van der Waals surface area contributed by atoms with E-state index >= 15 is 0 Å². The van der Waals surface area contributed by atoms with Crippen LogP contribution in [0.4, 0.5) is 5.82 Å². The second-order valence-electron chi connectivity index (χ2n) is 9.16. The van der Waals surface area contributed by atoms with Gasteiger partial charge in [0.25, 0.3) is 0 Å². The molecule has 0 saturated heterocycles. The molecule has 0 atom stereocenters. The molecule has 3 aromatic carbocycles. The van der Waals surface area contributed by atoms with Gasteiger partial charge in [0.2, 0.25) is 0 Å². The second-order valence-corrected chi connectivity index (χ2v) is 9.16. The molecule has 0 aliphatic rings. The van der Waals surface area contributed by atoms with Crippen molar-refractivity contribution in [2.45, 2.75) is 32.9 Å². The number of hydrogen-bond donors (Lipinski definition) is 2. The Balaban J connectivity index is 1.55. The van der Waals surface area contributed by atoms with E-state index in [0.717, 1.165) is 38.5 Å². The molecule has 8 heteroatoms. The SMILES string of the molecule is COc1cnc(N)c2cc(-c3ccc4c(c3)c(COc3ccccc3CC(=O)O)nn4C(C)C)ccc12. The van der Waals surface area contributed by atoms with Gasteiger partial charge in [0.05, 0.1) is 25.2 Å². The summed E-state index contributed by atoms with van der Waals surface area (Å²) >= 11 is 0. The van der Waals surface area contributed by atoms with Crippen LogP contribution in [0.25, 0.3) is 32.8 Å². The lowest BCUT2D eigenvalue weighted by atomic mass is 10.00. The third-order valence-electron chi connectivity index (χ3n) is 6.39. The normalized spacial score (nSPS) is 11.4. The zero-order chi connectivity index (χ0) is 26.1. The van der Waals surface area contributed by atoms with Gasteiger partial charge in [0.1, 0.15) is 29.6 Å². The number of aromatic nitrogens is 3. The van der Waals surface area contributed by atoms with Crippen LogP contribution in [0.1, 0.15) is 31.1 Å². The smallest absolute Gasteiger partial charge is 0.307 e. The fourth-order valence-corrected chi connectivity index (χ4v) is 4.56. The summed E-state index contributed by atoms with van der Waals surface area (Å²) in [5.74, 6) is 0.756. The summed E-state index contributed by atoms with van der Waals surface area (Å²) < 4.78 is 13.5. The number of methoxy groups -OCH3 is 1. The van der Waals surface area contributed by atoms with Crippen LogP contribution in [-0.4, -0.2) is 33.0 Å². The number of para-hydroxylation sites is 1. The van der Waals surface area contributed by atoms with Crippen molar-refractivity contribution in [1.82, 2.24) is 14.8 Å². The van der Waals surface area contributed by atoms with Crippen LogP contribution in [0.5, 0.6) is 11.5 Å². The molecule has 0 fully saturated rings. The van der Waals surface area contributed by atoms with Crippen LogP contribution >= 0.6 is 0 Å². The van der Waals surface area contributed by atoms with E-state index in [-0.39, 0.29) is 19.1 Å². The van der Waals surface area contributed by atoms with E-state index in [4.69, 9.17) is 20.3 Å². The number of fused-ring (bicyclic) bond motifs is 2. The average Bonchev–Trinajstić information content (AvgIpc) is 3.26. The van der Waals surface area contributed by atoms with Crippen molar-refractivity contribution in [2.75, 3.05) is 12.8 Å². The summed E-state index contributed by atoms with van der Waals surface area (Å²) in [5.41, 5.74) is 10.6. The molecule has 5 aromatic rings. The lowest BCUT2D eigenvalue weighted by molar-refractivity contribution is -0.136. The summed E-state index contributed by atoms with van der Waals surface area (Å²) in [4.78, 5) is 15.5. The fraction of sp³-hybridized carbons (Fsp3) is 0.207. The van der Waals surface area contributed by atoms with E-state index in [0.29, 0.717) is 22.9 Å². The Labute approximate surface area is 214 Å². The highest BCUT2D eigenvalue weighted by Crippen LogP contribution is 2.34. The number of nitrogens with two attached hydrogens (primary N) is 1. The van der Waals surface area contributed by atoms with E-state index in [1.54, 1.807) is 25.4 Å². The van der Waals surface area contributed by atoms with E-state index in [2.05, 4.69) is 37.0 Å². The molecule has 0 amide bonds. The van der Waals surface area contributed by atoms with Gasteiger partial charge < -0.3 is 20.3 Å². The van der Waals surface area contributed by atoms with Crippen molar-refractivity contribution in [3.05, 3.63) is 78.1 Å². The Morgan fingerprint density at radius 1 is 1.00 bits per heavy atom. The highest BCUT2D eigenvalue weighted by molar-refractivity contribution is 5.98. The number of carboxylic acids is 1.